The minimum atomic E-state index is -0.669. The van der Waals surface area contributed by atoms with Gasteiger partial charge in [0, 0.05) is 12.5 Å². The highest BCUT2D eigenvalue weighted by Crippen LogP contribution is 2.13. The van der Waals surface area contributed by atoms with Crippen molar-refractivity contribution in [3.8, 4) is 0 Å². The smallest absolute Gasteiger partial charge is 0.160 e. The summed E-state index contributed by atoms with van der Waals surface area (Å²) >= 11 is 0. The molecular formula is C9H18O2. The Hall–Kier alpha value is -0.340. The Balaban J connectivity index is 3.70. The Labute approximate surface area is 68.9 Å². The van der Waals surface area contributed by atoms with Crippen LogP contribution in [0.25, 0.3) is 0 Å². The van der Waals surface area contributed by atoms with Gasteiger partial charge in [0.2, 0.25) is 0 Å². The van der Waals surface area contributed by atoms with Crippen molar-refractivity contribution >= 4 is 0 Å². The third-order valence-electron chi connectivity index (χ3n) is 1.63. The van der Waals surface area contributed by atoms with Crippen molar-refractivity contribution < 1.29 is 9.84 Å². The standard InChI is InChI=1S/C9H18O2/c1-4-7-8(5-2)9(10)11-6-3/h5,8-10H,2,4,6-7H2,1,3H3. The molecule has 2 atom stereocenters. The average Bonchev–Trinajstić information content (AvgIpc) is 2.00. The number of aliphatic hydroxyl groups is 1. The van der Waals surface area contributed by atoms with Crippen molar-refractivity contribution in [2.75, 3.05) is 6.61 Å². The highest BCUT2D eigenvalue weighted by atomic mass is 16.6. The second kappa shape index (κ2) is 6.38. The van der Waals surface area contributed by atoms with Crippen molar-refractivity contribution in [1.82, 2.24) is 0 Å². The van der Waals surface area contributed by atoms with Crippen molar-refractivity contribution in [3.05, 3.63) is 12.7 Å². The molecule has 0 aliphatic heterocycles. The molecule has 0 aliphatic carbocycles. The fraction of sp³-hybridized carbons (Fsp3) is 0.778. The van der Waals surface area contributed by atoms with E-state index < -0.39 is 6.29 Å². The zero-order chi connectivity index (χ0) is 8.69. The molecular weight excluding hydrogens is 140 g/mol. The minimum Gasteiger partial charge on any atom is -0.367 e. The minimum absolute atomic E-state index is 0.0833. The van der Waals surface area contributed by atoms with Gasteiger partial charge in [0.05, 0.1) is 0 Å². The van der Waals surface area contributed by atoms with Crippen molar-refractivity contribution in [2.24, 2.45) is 5.92 Å². The van der Waals surface area contributed by atoms with E-state index in [1.165, 1.54) is 0 Å². The van der Waals surface area contributed by atoms with Crippen molar-refractivity contribution in [3.63, 3.8) is 0 Å². The molecule has 0 rings (SSSR count). The van der Waals surface area contributed by atoms with Gasteiger partial charge in [0.25, 0.3) is 0 Å². The highest BCUT2D eigenvalue weighted by Gasteiger charge is 2.13. The molecule has 0 bridgehead atoms. The van der Waals surface area contributed by atoms with Crippen LogP contribution in [0.5, 0.6) is 0 Å². The maximum absolute atomic E-state index is 9.35. The Morgan fingerprint density at radius 2 is 2.18 bits per heavy atom. The average molecular weight is 158 g/mol. The monoisotopic (exact) mass is 158 g/mol. The summed E-state index contributed by atoms with van der Waals surface area (Å²) in [6.07, 6.45) is 3.06. The van der Waals surface area contributed by atoms with Gasteiger partial charge in [-0.25, -0.2) is 0 Å². The first-order valence-electron chi connectivity index (χ1n) is 4.18. The van der Waals surface area contributed by atoms with Crippen LogP contribution in [0.15, 0.2) is 12.7 Å². The first-order valence-corrected chi connectivity index (χ1v) is 4.18. The van der Waals surface area contributed by atoms with Gasteiger partial charge in [0.1, 0.15) is 0 Å². The van der Waals surface area contributed by atoms with E-state index >= 15 is 0 Å². The summed E-state index contributed by atoms with van der Waals surface area (Å²) in [5.74, 6) is 0.0833. The molecule has 0 amide bonds. The third kappa shape index (κ3) is 4.17. The summed E-state index contributed by atoms with van der Waals surface area (Å²) in [6, 6.07) is 0. The molecule has 0 heterocycles. The molecule has 2 heteroatoms. The van der Waals surface area contributed by atoms with E-state index in [4.69, 9.17) is 4.74 Å². The van der Waals surface area contributed by atoms with Gasteiger partial charge >= 0.3 is 0 Å². The second-order valence-corrected chi connectivity index (χ2v) is 2.53. The topological polar surface area (TPSA) is 29.5 Å². The lowest BCUT2D eigenvalue weighted by Crippen LogP contribution is -2.21. The SMILES string of the molecule is C=CC(CCC)C(O)OCC. The van der Waals surface area contributed by atoms with Gasteiger partial charge in [0.15, 0.2) is 6.29 Å². The van der Waals surface area contributed by atoms with Crippen LogP contribution in [0.3, 0.4) is 0 Å². The van der Waals surface area contributed by atoms with Crippen LogP contribution in [0.1, 0.15) is 26.7 Å². The summed E-state index contributed by atoms with van der Waals surface area (Å²) in [6.45, 7) is 8.14. The van der Waals surface area contributed by atoms with Crippen LogP contribution in [0.2, 0.25) is 0 Å². The quantitative estimate of drug-likeness (QED) is 0.473. The van der Waals surface area contributed by atoms with Gasteiger partial charge in [-0.3, -0.25) is 0 Å². The summed E-state index contributed by atoms with van der Waals surface area (Å²) in [5, 5.41) is 9.35. The molecule has 0 aromatic carbocycles. The van der Waals surface area contributed by atoms with E-state index in [1.807, 2.05) is 6.92 Å². The van der Waals surface area contributed by atoms with E-state index in [0.717, 1.165) is 12.8 Å². The van der Waals surface area contributed by atoms with Crippen LogP contribution in [0.4, 0.5) is 0 Å². The molecule has 1 N–H and O–H groups in total. The molecule has 2 nitrogen and oxygen atoms in total. The van der Waals surface area contributed by atoms with Gasteiger partial charge in [-0.1, -0.05) is 19.4 Å². The summed E-state index contributed by atoms with van der Waals surface area (Å²) in [4.78, 5) is 0. The molecule has 0 aromatic rings. The lowest BCUT2D eigenvalue weighted by atomic mass is 10.0. The maximum atomic E-state index is 9.35. The predicted molar refractivity (Wildman–Crippen MR) is 46.2 cm³/mol. The Morgan fingerprint density at radius 1 is 1.55 bits per heavy atom. The molecule has 0 radical (unpaired) electrons. The Morgan fingerprint density at radius 3 is 2.55 bits per heavy atom. The van der Waals surface area contributed by atoms with E-state index in [0.29, 0.717) is 6.61 Å². The Bertz CT molecular complexity index is 102. The molecule has 11 heavy (non-hydrogen) atoms. The second-order valence-electron chi connectivity index (χ2n) is 2.53. The molecule has 66 valence electrons. The largest absolute Gasteiger partial charge is 0.367 e. The molecule has 0 fully saturated rings. The molecule has 0 aliphatic rings. The number of hydrogen-bond donors (Lipinski definition) is 1. The van der Waals surface area contributed by atoms with Crippen LogP contribution in [-0.2, 0) is 4.74 Å². The third-order valence-corrected chi connectivity index (χ3v) is 1.63. The van der Waals surface area contributed by atoms with Crippen molar-refractivity contribution in [1.29, 1.82) is 0 Å². The summed E-state index contributed by atoms with van der Waals surface area (Å²) in [7, 11) is 0. The first-order chi connectivity index (χ1) is 5.26. The summed E-state index contributed by atoms with van der Waals surface area (Å²) < 4.78 is 5.03. The highest BCUT2D eigenvalue weighted by molar-refractivity contribution is 4.80. The van der Waals surface area contributed by atoms with Gasteiger partial charge in [-0.15, -0.1) is 6.58 Å². The lowest BCUT2D eigenvalue weighted by Gasteiger charge is -2.18. The first kappa shape index (κ1) is 10.7. The normalized spacial score (nSPS) is 15.9. The number of aliphatic hydroxyl groups excluding tert-OH is 1. The molecule has 0 aromatic heterocycles. The fourth-order valence-electron chi connectivity index (χ4n) is 1.00. The maximum Gasteiger partial charge on any atom is 0.160 e. The van der Waals surface area contributed by atoms with E-state index in [-0.39, 0.29) is 5.92 Å². The van der Waals surface area contributed by atoms with E-state index in [2.05, 4.69) is 13.5 Å². The van der Waals surface area contributed by atoms with Crippen LogP contribution in [0, 0.1) is 5.92 Å². The van der Waals surface area contributed by atoms with Gasteiger partial charge < -0.3 is 9.84 Å². The van der Waals surface area contributed by atoms with Crippen LogP contribution < -0.4 is 0 Å². The van der Waals surface area contributed by atoms with Crippen LogP contribution in [-0.4, -0.2) is 18.0 Å². The Kier molecular flexibility index (Phi) is 6.18. The molecule has 0 saturated carbocycles. The van der Waals surface area contributed by atoms with Crippen LogP contribution >= 0.6 is 0 Å². The number of rotatable bonds is 6. The predicted octanol–water partition coefficient (Wildman–Crippen LogP) is 1.94. The zero-order valence-electron chi connectivity index (χ0n) is 7.42. The summed E-state index contributed by atoms with van der Waals surface area (Å²) in [5.41, 5.74) is 0. The number of ether oxygens (including phenoxy) is 1. The van der Waals surface area contributed by atoms with Crippen molar-refractivity contribution in [2.45, 2.75) is 33.0 Å². The van der Waals surface area contributed by atoms with E-state index in [1.54, 1.807) is 6.08 Å². The number of hydrogen-bond acceptors (Lipinski definition) is 2. The lowest BCUT2D eigenvalue weighted by molar-refractivity contribution is -0.120. The van der Waals surface area contributed by atoms with E-state index in [9.17, 15) is 5.11 Å². The molecule has 2 unspecified atom stereocenters. The zero-order valence-corrected chi connectivity index (χ0v) is 7.42. The van der Waals surface area contributed by atoms with Gasteiger partial charge in [-0.2, -0.15) is 0 Å². The molecule has 0 spiro atoms. The molecule has 0 saturated heterocycles. The fourth-order valence-corrected chi connectivity index (χ4v) is 1.00. The van der Waals surface area contributed by atoms with Gasteiger partial charge in [-0.05, 0) is 13.3 Å².